The van der Waals surface area contributed by atoms with Crippen LogP contribution in [0.15, 0.2) is 54.6 Å². The van der Waals surface area contributed by atoms with Gasteiger partial charge in [-0.05, 0) is 20.3 Å². The Bertz CT molecular complexity index is 626. The number of hydrogen-bond donors (Lipinski definition) is 0. The summed E-state index contributed by atoms with van der Waals surface area (Å²) in [5.41, 5.74) is 3.99. The van der Waals surface area contributed by atoms with E-state index in [1.807, 2.05) is 0 Å². The lowest BCUT2D eigenvalue weighted by atomic mass is 10.2. The zero-order valence-electron chi connectivity index (χ0n) is 9.09. The molecule has 1 heterocycles. The Morgan fingerprint density at radius 3 is 2.31 bits per heavy atom. The highest BCUT2D eigenvalue weighted by Crippen LogP contribution is 2.36. The lowest BCUT2D eigenvalue weighted by Gasteiger charge is -2.02. The molecule has 0 amide bonds. The third-order valence-electron chi connectivity index (χ3n) is 2.82. The van der Waals surface area contributed by atoms with Crippen LogP contribution in [0.1, 0.15) is 0 Å². The number of para-hydroxylation sites is 1. The maximum absolute atomic E-state index is 2.28. The summed E-state index contributed by atoms with van der Waals surface area (Å²) in [6, 6.07) is 19.2. The minimum atomic E-state index is 1.31. The highest BCUT2D eigenvalue weighted by Gasteiger charge is 2.06. The molecule has 0 aliphatic rings. The monoisotopic (exact) mass is 225 g/mol. The molecule has 0 N–H and O–H groups in total. The summed E-state index contributed by atoms with van der Waals surface area (Å²) in [5.74, 6) is 0. The molecule has 16 heavy (non-hydrogen) atoms. The molecule has 78 valence electrons. The van der Waals surface area contributed by atoms with Crippen LogP contribution in [0.3, 0.4) is 0 Å². The maximum Gasteiger partial charge on any atom is 0.0764 e. The first-order valence-corrected chi connectivity index (χ1v) is 6.22. The number of hydrogen-bond acceptors (Lipinski definition) is 0. The molecule has 1 nitrogen and oxygen atoms in total. The summed E-state index contributed by atoms with van der Waals surface area (Å²) in [4.78, 5) is 0. The fourth-order valence-electron chi connectivity index (χ4n) is 1.99. The number of rotatable bonds is 1. The number of aryl methyl sites for hydroxylation is 1. The second-order valence-electron chi connectivity index (χ2n) is 3.85. The van der Waals surface area contributed by atoms with Crippen LogP contribution in [0.25, 0.3) is 21.6 Å². The van der Waals surface area contributed by atoms with E-state index in [9.17, 15) is 0 Å². The van der Waals surface area contributed by atoms with Crippen molar-refractivity contribution in [1.29, 1.82) is 0 Å². The van der Waals surface area contributed by atoms with Crippen LogP contribution in [0.5, 0.6) is 0 Å². The molecule has 3 rings (SSSR count). The average molecular weight is 225 g/mol. The third kappa shape index (κ3) is 1.45. The number of fused-ring (bicyclic) bond motifs is 1. The van der Waals surface area contributed by atoms with E-state index >= 15 is 0 Å². The number of nitrogens with zero attached hydrogens (tertiary/aromatic N) is 1. The van der Waals surface area contributed by atoms with Crippen LogP contribution < -0.4 is 0 Å². The van der Waals surface area contributed by atoms with E-state index in [1.54, 1.807) is 0 Å². The van der Waals surface area contributed by atoms with E-state index in [1.165, 1.54) is 29.8 Å². The molecular formula is C14H12NP. The SMILES string of the molecule is Cn1c(-c2ccccc2)pc2ccccc21. The molecule has 1 aromatic heterocycles. The molecule has 0 radical (unpaired) electrons. The van der Waals surface area contributed by atoms with E-state index in [4.69, 9.17) is 0 Å². The summed E-state index contributed by atoms with van der Waals surface area (Å²) >= 11 is 0. The van der Waals surface area contributed by atoms with Gasteiger partial charge in [-0.25, -0.2) is 0 Å². The fourth-order valence-corrected chi connectivity index (χ4v) is 3.25. The Morgan fingerprint density at radius 1 is 0.875 bits per heavy atom. The molecule has 0 unspecified atom stereocenters. The Labute approximate surface area is 96.5 Å². The van der Waals surface area contributed by atoms with Gasteiger partial charge in [-0.2, -0.15) is 0 Å². The van der Waals surface area contributed by atoms with Gasteiger partial charge in [0.2, 0.25) is 0 Å². The summed E-state index contributed by atoms with van der Waals surface area (Å²) in [6.45, 7) is 0. The van der Waals surface area contributed by atoms with Gasteiger partial charge < -0.3 is 4.57 Å². The molecule has 2 heteroatoms. The van der Waals surface area contributed by atoms with Crippen molar-refractivity contribution in [2.45, 2.75) is 0 Å². The largest absolute Gasteiger partial charge is 0.340 e. The zero-order valence-corrected chi connectivity index (χ0v) is 9.99. The molecule has 0 atom stereocenters. The van der Waals surface area contributed by atoms with Crippen LogP contribution in [0, 0.1) is 0 Å². The number of benzene rings is 2. The van der Waals surface area contributed by atoms with Gasteiger partial charge in [-0.15, -0.1) is 0 Å². The lowest BCUT2D eigenvalue weighted by molar-refractivity contribution is 0.987. The van der Waals surface area contributed by atoms with Crippen molar-refractivity contribution in [2.24, 2.45) is 7.05 Å². The minimum Gasteiger partial charge on any atom is -0.340 e. The highest BCUT2D eigenvalue weighted by atomic mass is 31.0. The molecule has 2 aromatic carbocycles. The molecule has 0 fully saturated rings. The third-order valence-corrected chi connectivity index (χ3v) is 4.21. The first-order valence-electron chi connectivity index (χ1n) is 5.33. The summed E-state index contributed by atoms with van der Waals surface area (Å²) in [5, 5.41) is 1.39. The molecular weight excluding hydrogens is 213 g/mol. The van der Waals surface area contributed by atoms with E-state index in [2.05, 4.69) is 66.2 Å². The van der Waals surface area contributed by atoms with Crippen molar-refractivity contribution in [3.8, 4) is 11.0 Å². The fraction of sp³-hybridized carbons (Fsp3) is 0.0714. The molecule has 0 saturated carbocycles. The normalized spacial score (nSPS) is 11.3. The van der Waals surface area contributed by atoms with Crippen LogP contribution in [0.4, 0.5) is 0 Å². The second kappa shape index (κ2) is 3.77. The van der Waals surface area contributed by atoms with Gasteiger partial charge in [0.15, 0.2) is 0 Å². The van der Waals surface area contributed by atoms with Gasteiger partial charge in [0.05, 0.1) is 10.9 Å². The van der Waals surface area contributed by atoms with Crippen molar-refractivity contribution in [3.63, 3.8) is 0 Å². The zero-order chi connectivity index (χ0) is 11.0. The number of aromatic nitrogens is 1. The Hall–Kier alpha value is -1.59. The lowest BCUT2D eigenvalue weighted by Crippen LogP contribution is -1.89. The Morgan fingerprint density at radius 2 is 1.56 bits per heavy atom. The Kier molecular flexibility index (Phi) is 2.27. The quantitative estimate of drug-likeness (QED) is 0.577. The average Bonchev–Trinajstić information content (AvgIpc) is 2.69. The molecule has 3 aromatic rings. The van der Waals surface area contributed by atoms with Crippen LogP contribution >= 0.6 is 8.19 Å². The minimum absolute atomic E-state index is 1.31. The molecule has 0 bridgehead atoms. The van der Waals surface area contributed by atoms with Crippen molar-refractivity contribution < 1.29 is 0 Å². The standard InChI is InChI=1S/C14H12NP/c1-15-12-9-5-6-10-13(12)16-14(15)11-7-3-2-4-8-11/h2-10H,1H3. The van der Waals surface area contributed by atoms with Crippen molar-refractivity contribution >= 4 is 18.8 Å². The highest BCUT2D eigenvalue weighted by molar-refractivity contribution is 7.40. The van der Waals surface area contributed by atoms with Gasteiger partial charge >= 0.3 is 0 Å². The van der Waals surface area contributed by atoms with E-state index in [-0.39, 0.29) is 0 Å². The van der Waals surface area contributed by atoms with Gasteiger partial charge in [-0.1, -0.05) is 42.5 Å². The maximum atomic E-state index is 2.28. The van der Waals surface area contributed by atoms with Crippen LogP contribution in [0.2, 0.25) is 0 Å². The smallest absolute Gasteiger partial charge is 0.0764 e. The van der Waals surface area contributed by atoms with Gasteiger partial charge in [0, 0.05) is 17.7 Å². The molecule has 0 aliphatic carbocycles. The van der Waals surface area contributed by atoms with Gasteiger partial charge in [-0.3, -0.25) is 0 Å². The molecule has 0 spiro atoms. The predicted octanol–water partition coefficient (Wildman–Crippen LogP) is 4.43. The van der Waals surface area contributed by atoms with Crippen LogP contribution in [-0.4, -0.2) is 4.57 Å². The van der Waals surface area contributed by atoms with E-state index in [0.717, 1.165) is 0 Å². The molecule has 0 aliphatic heterocycles. The molecule has 0 saturated heterocycles. The summed E-state index contributed by atoms with van der Waals surface area (Å²) in [6.07, 6.45) is 0. The van der Waals surface area contributed by atoms with Crippen molar-refractivity contribution in [1.82, 2.24) is 4.57 Å². The van der Waals surface area contributed by atoms with E-state index < -0.39 is 0 Å². The topological polar surface area (TPSA) is 4.93 Å². The van der Waals surface area contributed by atoms with Crippen molar-refractivity contribution in [2.75, 3.05) is 0 Å². The summed E-state index contributed by atoms with van der Waals surface area (Å²) in [7, 11) is 3.45. The van der Waals surface area contributed by atoms with E-state index in [0.29, 0.717) is 0 Å². The van der Waals surface area contributed by atoms with Gasteiger partial charge in [0.1, 0.15) is 0 Å². The Balaban J connectivity index is 2.29. The van der Waals surface area contributed by atoms with Crippen LogP contribution in [-0.2, 0) is 7.05 Å². The predicted molar refractivity (Wildman–Crippen MR) is 70.9 cm³/mol. The first kappa shape index (κ1) is 9.62. The summed E-state index contributed by atoms with van der Waals surface area (Å²) < 4.78 is 2.28. The first-order chi connectivity index (χ1) is 7.86. The van der Waals surface area contributed by atoms with Gasteiger partial charge in [0.25, 0.3) is 0 Å². The van der Waals surface area contributed by atoms with Crippen molar-refractivity contribution in [3.05, 3.63) is 54.6 Å². The second-order valence-corrected chi connectivity index (χ2v) is 4.98.